The molecular weight excluding hydrogens is 314 g/mol. The third-order valence-electron chi connectivity index (χ3n) is 3.27. The lowest BCUT2D eigenvalue weighted by atomic mass is 10.1. The Balaban J connectivity index is 1.95. The van der Waals surface area contributed by atoms with E-state index in [2.05, 4.69) is 15.3 Å². The van der Waals surface area contributed by atoms with Crippen molar-refractivity contribution >= 4 is 32.5 Å². The minimum Gasteiger partial charge on any atom is -0.321 e. The van der Waals surface area contributed by atoms with Crippen molar-refractivity contribution in [2.24, 2.45) is 0 Å². The normalized spacial score (nSPS) is 11.3. The first-order valence-electron chi connectivity index (χ1n) is 6.76. The van der Waals surface area contributed by atoms with Crippen molar-refractivity contribution in [1.29, 1.82) is 0 Å². The van der Waals surface area contributed by atoms with E-state index in [4.69, 9.17) is 0 Å². The van der Waals surface area contributed by atoms with E-state index in [9.17, 15) is 13.2 Å². The molecule has 116 valence electrons. The molecule has 2 aromatic carbocycles. The van der Waals surface area contributed by atoms with E-state index in [1.54, 1.807) is 48.8 Å². The minimum absolute atomic E-state index is 0.0777. The van der Waals surface area contributed by atoms with Gasteiger partial charge in [0.25, 0.3) is 5.91 Å². The monoisotopic (exact) mass is 327 g/mol. The summed E-state index contributed by atoms with van der Waals surface area (Å²) in [5.41, 5.74) is 1.90. The van der Waals surface area contributed by atoms with E-state index >= 15 is 0 Å². The summed E-state index contributed by atoms with van der Waals surface area (Å²) in [6.07, 6.45) is 4.22. The van der Waals surface area contributed by atoms with Crippen LogP contribution < -0.4 is 5.32 Å². The Hall–Kier alpha value is -2.80. The van der Waals surface area contributed by atoms with E-state index in [1.807, 2.05) is 0 Å². The molecule has 0 atom stereocenters. The van der Waals surface area contributed by atoms with Crippen LogP contribution in [0.15, 0.2) is 59.8 Å². The molecule has 0 spiro atoms. The summed E-state index contributed by atoms with van der Waals surface area (Å²) in [7, 11) is -3.43. The van der Waals surface area contributed by atoms with Gasteiger partial charge >= 0.3 is 0 Å². The van der Waals surface area contributed by atoms with Crippen molar-refractivity contribution < 1.29 is 13.2 Å². The summed E-state index contributed by atoms with van der Waals surface area (Å²) in [4.78, 5) is 20.7. The second-order valence-electron chi connectivity index (χ2n) is 4.98. The first-order valence-corrected chi connectivity index (χ1v) is 8.65. The summed E-state index contributed by atoms with van der Waals surface area (Å²) >= 11 is 0. The number of fused-ring (bicyclic) bond motifs is 1. The number of para-hydroxylation sites is 1. The Morgan fingerprint density at radius 1 is 1.00 bits per heavy atom. The van der Waals surface area contributed by atoms with Crippen LogP contribution in [0.25, 0.3) is 11.0 Å². The van der Waals surface area contributed by atoms with Gasteiger partial charge in [0.1, 0.15) is 0 Å². The Morgan fingerprint density at radius 3 is 2.43 bits per heavy atom. The van der Waals surface area contributed by atoms with Crippen molar-refractivity contribution in [3.8, 4) is 0 Å². The van der Waals surface area contributed by atoms with Crippen LogP contribution in [0.1, 0.15) is 10.4 Å². The van der Waals surface area contributed by atoms with Gasteiger partial charge in [-0.15, -0.1) is 0 Å². The fourth-order valence-corrected chi connectivity index (χ4v) is 3.04. The predicted octanol–water partition coefficient (Wildman–Crippen LogP) is 2.29. The molecule has 6 nitrogen and oxygen atoms in total. The molecule has 1 heterocycles. The first kappa shape index (κ1) is 15.1. The number of carbonyl (C=O) groups excluding carboxylic acids is 1. The highest BCUT2D eigenvalue weighted by Gasteiger charge is 2.15. The zero-order valence-corrected chi connectivity index (χ0v) is 13.0. The largest absolute Gasteiger partial charge is 0.321 e. The van der Waals surface area contributed by atoms with Crippen LogP contribution in [-0.4, -0.2) is 30.5 Å². The predicted molar refractivity (Wildman–Crippen MR) is 87.0 cm³/mol. The van der Waals surface area contributed by atoms with E-state index in [0.717, 1.165) is 6.26 Å². The molecule has 1 N–H and O–H groups in total. The summed E-state index contributed by atoms with van der Waals surface area (Å²) in [5.74, 6) is -0.409. The zero-order valence-electron chi connectivity index (χ0n) is 12.2. The molecular formula is C16H13N3O3S. The molecule has 3 rings (SSSR count). The topological polar surface area (TPSA) is 89.0 Å². The number of aromatic nitrogens is 2. The number of hydrogen-bond donors (Lipinski definition) is 1. The molecule has 1 aromatic heterocycles. The number of nitrogens with one attached hydrogen (secondary N) is 1. The van der Waals surface area contributed by atoms with Gasteiger partial charge in [0, 0.05) is 24.2 Å². The van der Waals surface area contributed by atoms with Crippen molar-refractivity contribution in [2.75, 3.05) is 11.6 Å². The zero-order chi connectivity index (χ0) is 16.4. The molecule has 23 heavy (non-hydrogen) atoms. The summed E-state index contributed by atoms with van der Waals surface area (Å²) in [6, 6.07) is 11.2. The highest BCUT2D eigenvalue weighted by Crippen LogP contribution is 2.21. The lowest BCUT2D eigenvalue weighted by molar-refractivity contribution is 0.102. The molecule has 0 saturated carbocycles. The maximum Gasteiger partial charge on any atom is 0.255 e. The number of sulfone groups is 1. The minimum atomic E-state index is -3.43. The Morgan fingerprint density at radius 2 is 1.70 bits per heavy atom. The molecule has 0 bridgehead atoms. The summed E-state index contributed by atoms with van der Waals surface area (Å²) in [5, 5.41) is 2.63. The molecule has 7 heteroatoms. The number of nitrogens with zero attached hydrogens (tertiary/aromatic N) is 2. The van der Waals surface area contributed by atoms with E-state index in [1.165, 1.54) is 6.07 Å². The Kier molecular flexibility index (Phi) is 3.79. The Bertz CT molecular complexity index is 1000. The second-order valence-corrected chi connectivity index (χ2v) is 6.97. The number of benzene rings is 2. The van der Waals surface area contributed by atoms with Crippen molar-refractivity contribution in [3.05, 3.63) is 60.4 Å². The number of anilines is 1. The number of carbonyl (C=O) groups is 1. The van der Waals surface area contributed by atoms with Gasteiger partial charge in [-0.05, 0) is 30.3 Å². The van der Waals surface area contributed by atoms with E-state index in [0.29, 0.717) is 16.6 Å². The van der Waals surface area contributed by atoms with Gasteiger partial charge in [-0.1, -0.05) is 12.1 Å². The molecule has 1 amide bonds. The van der Waals surface area contributed by atoms with Crippen LogP contribution in [0.5, 0.6) is 0 Å². The van der Waals surface area contributed by atoms with Crippen molar-refractivity contribution in [3.63, 3.8) is 0 Å². The van der Waals surface area contributed by atoms with Gasteiger partial charge in [0.2, 0.25) is 0 Å². The lowest BCUT2D eigenvalue weighted by Gasteiger charge is -2.10. The second kappa shape index (κ2) is 5.77. The molecule has 0 unspecified atom stereocenters. The maximum absolute atomic E-state index is 12.4. The molecule has 0 saturated heterocycles. The molecule has 0 aliphatic heterocycles. The van der Waals surface area contributed by atoms with Crippen LogP contribution in [0.2, 0.25) is 0 Å². The maximum atomic E-state index is 12.4. The average Bonchev–Trinajstić information content (AvgIpc) is 2.54. The Labute approximate surface area is 133 Å². The molecule has 0 aliphatic rings. The quantitative estimate of drug-likeness (QED) is 0.797. The average molecular weight is 327 g/mol. The first-order chi connectivity index (χ1) is 10.9. The summed E-state index contributed by atoms with van der Waals surface area (Å²) < 4.78 is 23.6. The van der Waals surface area contributed by atoms with Crippen LogP contribution in [0.3, 0.4) is 0 Å². The molecule has 0 radical (unpaired) electrons. The number of rotatable bonds is 3. The van der Waals surface area contributed by atoms with Gasteiger partial charge in [-0.2, -0.15) is 0 Å². The third kappa shape index (κ3) is 3.19. The smallest absolute Gasteiger partial charge is 0.255 e. The van der Waals surface area contributed by atoms with Crippen LogP contribution in [0.4, 0.5) is 5.69 Å². The van der Waals surface area contributed by atoms with Gasteiger partial charge in [-0.25, -0.2) is 8.42 Å². The highest BCUT2D eigenvalue weighted by molar-refractivity contribution is 7.90. The van der Waals surface area contributed by atoms with Crippen molar-refractivity contribution in [2.45, 2.75) is 4.90 Å². The fourth-order valence-electron chi connectivity index (χ4n) is 2.19. The molecule has 0 fully saturated rings. The van der Waals surface area contributed by atoms with Gasteiger partial charge in [-0.3, -0.25) is 14.8 Å². The third-order valence-corrected chi connectivity index (χ3v) is 4.42. The van der Waals surface area contributed by atoms with E-state index in [-0.39, 0.29) is 10.6 Å². The van der Waals surface area contributed by atoms with Gasteiger partial charge in [0.05, 0.1) is 21.6 Å². The highest BCUT2D eigenvalue weighted by atomic mass is 32.2. The molecule has 3 aromatic rings. The fraction of sp³-hybridized carbons (Fsp3) is 0.0625. The van der Waals surface area contributed by atoms with E-state index < -0.39 is 15.7 Å². The molecule has 0 aliphatic carbocycles. The standard InChI is InChI=1S/C16H13N3O3S/c1-23(21,22)15-5-3-2-4-13(15)19-16(20)11-6-7-12-14(10-11)18-9-8-17-12/h2-10H,1H3,(H,19,20). The number of amides is 1. The van der Waals surface area contributed by atoms with Crippen LogP contribution in [0, 0.1) is 0 Å². The lowest BCUT2D eigenvalue weighted by Crippen LogP contribution is -2.14. The van der Waals surface area contributed by atoms with Gasteiger partial charge < -0.3 is 5.32 Å². The van der Waals surface area contributed by atoms with Gasteiger partial charge in [0.15, 0.2) is 9.84 Å². The van der Waals surface area contributed by atoms with Crippen LogP contribution >= 0.6 is 0 Å². The summed E-state index contributed by atoms with van der Waals surface area (Å²) in [6.45, 7) is 0. The van der Waals surface area contributed by atoms with Crippen molar-refractivity contribution in [1.82, 2.24) is 9.97 Å². The number of hydrogen-bond acceptors (Lipinski definition) is 5. The SMILES string of the molecule is CS(=O)(=O)c1ccccc1NC(=O)c1ccc2nccnc2c1. The van der Waals surface area contributed by atoms with Crippen LogP contribution in [-0.2, 0) is 9.84 Å².